The second-order valence-electron chi connectivity index (χ2n) is 6.29. The molecule has 0 aliphatic carbocycles. The number of hydrogen-bond acceptors (Lipinski definition) is 4. The maximum Gasteiger partial charge on any atom is 0.251 e. The molecule has 0 radical (unpaired) electrons. The maximum atomic E-state index is 12.4. The number of carbonyl (C=O) groups excluding carboxylic acids is 1. The molecular weight excluding hydrogens is 398 g/mol. The molecule has 1 amide bonds. The summed E-state index contributed by atoms with van der Waals surface area (Å²) in [7, 11) is 0. The molecule has 2 aromatic carbocycles. The fraction of sp³-hybridized carbons (Fsp3) is 0.200. The van der Waals surface area contributed by atoms with E-state index in [0.717, 1.165) is 11.3 Å². The number of nitrogens with zero attached hydrogens (tertiary/aromatic N) is 1. The highest BCUT2D eigenvalue weighted by atomic mass is 35.5. The first-order chi connectivity index (χ1) is 13.6. The molecule has 3 aromatic rings. The van der Waals surface area contributed by atoms with Gasteiger partial charge in [0.05, 0.1) is 5.02 Å². The molecule has 0 atom stereocenters. The van der Waals surface area contributed by atoms with E-state index in [9.17, 15) is 4.79 Å². The van der Waals surface area contributed by atoms with Crippen molar-refractivity contribution in [2.24, 2.45) is 0 Å². The van der Waals surface area contributed by atoms with Crippen LogP contribution in [-0.2, 0) is 6.42 Å². The second-order valence-corrected chi connectivity index (χ2v) is 7.08. The molecule has 1 aromatic heterocycles. The van der Waals surface area contributed by atoms with Gasteiger partial charge < -0.3 is 19.8 Å². The third-order valence-corrected chi connectivity index (χ3v) is 5.01. The number of H-pyrrole nitrogens is 1. The molecule has 0 spiro atoms. The number of hydrogen-bond donors (Lipinski definition) is 2. The molecule has 0 bridgehead atoms. The summed E-state index contributed by atoms with van der Waals surface area (Å²) in [4.78, 5) is 15.3. The molecule has 0 unspecified atom stereocenters. The second kappa shape index (κ2) is 8.08. The third kappa shape index (κ3) is 3.90. The minimum Gasteiger partial charge on any atom is -0.486 e. The predicted octanol–water partition coefficient (Wildman–Crippen LogP) is 3.93. The standard InChI is InChI=1S/C20H18ClN3O3S/c21-16-11-13(12-17-18(16)27-10-9-26-17)5-6-22-19(25)14-1-3-15(4-2-14)24-8-7-23-20(24)28/h1-4,7-8,11-12H,5-6,9-10H2,(H,22,25)(H,23,28). The lowest BCUT2D eigenvalue weighted by molar-refractivity contribution is 0.0954. The van der Waals surface area contributed by atoms with Gasteiger partial charge in [0.2, 0.25) is 0 Å². The molecule has 144 valence electrons. The SMILES string of the molecule is O=C(NCCc1cc(Cl)c2c(c1)OCCO2)c1ccc(-n2cc[nH]c2=S)cc1. The van der Waals surface area contributed by atoms with Gasteiger partial charge in [-0.05, 0) is 60.6 Å². The average molecular weight is 416 g/mol. The molecule has 4 rings (SSSR count). The van der Waals surface area contributed by atoms with Crippen LogP contribution >= 0.6 is 23.8 Å². The zero-order chi connectivity index (χ0) is 19.5. The van der Waals surface area contributed by atoms with E-state index < -0.39 is 0 Å². The molecule has 6 nitrogen and oxygen atoms in total. The summed E-state index contributed by atoms with van der Waals surface area (Å²) in [5.74, 6) is 1.11. The summed E-state index contributed by atoms with van der Waals surface area (Å²) in [5.41, 5.74) is 2.46. The van der Waals surface area contributed by atoms with Gasteiger partial charge in [0.1, 0.15) is 13.2 Å². The summed E-state index contributed by atoms with van der Waals surface area (Å²) in [6.07, 6.45) is 4.25. The van der Waals surface area contributed by atoms with Crippen molar-refractivity contribution in [1.29, 1.82) is 0 Å². The zero-order valence-electron chi connectivity index (χ0n) is 14.9. The highest BCUT2D eigenvalue weighted by Gasteiger charge is 2.16. The number of benzene rings is 2. The molecule has 2 N–H and O–H groups in total. The summed E-state index contributed by atoms with van der Waals surface area (Å²) in [6, 6.07) is 11.0. The van der Waals surface area contributed by atoms with Crippen molar-refractivity contribution >= 4 is 29.7 Å². The Kier molecular flexibility index (Phi) is 5.36. The van der Waals surface area contributed by atoms with Crippen molar-refractivity contribution in [3.8, 4) is 17.2 Å². The van der Waals surface area contributed by atoms with Crippen LogP contribution < -0.4 is 14.8 Å². The minimum atomic E-state index is -0.132. The van der Waals surface area contributed by atoms with E-state index in [0.29, 0.717) is 53.0 Å². The minimum absolute atomic E-state index is 0.132. The quantitative estimate of drug-likeness (QED) is 0.619. The molecule has 0 saturated heterocycles. The molecule has 28 heavy (non-hydrogen) atoms. The van der Waals surface area contributed by atoms with E-state index in [1.165, 1.54) is 0 Å². The summed E-state index contributed by atoms with van der Waals surface area (Å²) in [6.45, 7) is 1.49. The van der Waals surface area contributed by atoms with Crippen LogP contribution in [0, 0.1) is 4.77 Å². The summed E-state index contributed by atoms with van der Waals surface area (Å²) in [5, 5.41) is 3.45. The Morgan fingerprint density at radius 3 is 2.75 bits per heavy atom. The topological polar surface area (TPSA) is 68.3 Å². The van der Waals surface area contributed by atoms with E-state index in [1.807, 2.05) is 35.0 Å². The maximum absolute atomic E-state index is 12.4. The number of imidazole rings is 1. The van der Waals surface area contributed by atoms with Crippen molar-refractivity contribution in [1.82, 2.24) is 14.9 Å². The predicted molar refractivity (Wildman–Crippen MR) is 109 cm³/mol. The van der Waals surface area contributed by atoms with Crippen LogP contribution in [0.15, 0.2) is 48.8 Å². The lowest BCUT2D eigenvalue weighted by Crippen LogP contribution is -2.25. The van der Waals surface area contributed by atoms with Gasteiger partial charge in [-0.2, -0.15) is 0 Å². The molecule has 2 heterocycles. The number of aromatic nitrogens is 2. The normalized spacial score (nSPS) is 12.6. The van der Waals surface area contributed by atoms with E-state index >= 15 is 0 Å². The fourth-order valence-electron chi connectivity index (χ4n) is 3.03. The Morgan fingerprint density at radius 1 is 1.21 bits per heavy atom. The first-order valence-corrected chi connectivity index (χ1v) is 9.63. The van der Waals surface area contributed by atoms with Crippen molar-refractivity contribution in [2.45, 2.75) is 6.42 Å². The van der Waals surface area contributed by atoms with E-state index in [1.54, 1.807) is 18.3 Å². The van der Waals surface area contributed by atoms with Gasteiger partial charge in [-0.1, -0.05) is 11.6 Å². The Labute approximate surface area is 172 Å². The van der Waals surface area contributed by atoms with Crippen molar-refractivity contribution in [2.75, 3.05) is 19.8 Å². The van der Waals surface area contributed by atoms with Crippen LogP contribution in [0.4, 0.5) is 0 Å². The lowest BCUT2D eigenvalue weighted by Gasteiger charge is -2.20. The number of rotatable bonds is 5. The fourth-order valence-corrected chi connectivity index (χ4v) is 3.55. The number of aromatic amines is 1. The number of halogens is 1. The van der Waals surface area contributed by atoms with E-state index in [-0.39, 0.29) is 5.91 Å². The van der Waals surface area contributed by atoms with Crippen molar-refractivity contribution < 1.29 is 14.3 Å². The first-order valence-electron chi connectivity index (χ1n) is 8.84. The number of nitrogens with one attached hydrogen (secondary N) is 2. The number of fused-ring (bicyclic) bond motifs is 1. The van der Waals surface area contributed by atoms with Crippen LogP contribution in [0.2, 0.25) is 5.02 Å². The smallest absolute Gasteiger partial charge is 0.251 e. The highest BCUT2D eigenvalue weighted by molar-refractivity contribution is 7.71. The van der Waals surface area contributed by atoms with Gasteiger partial charge >= 0.3 is 0 Å². The Hall–Kier alpha value is -2.77. The van der Waals surface area contributed by atoms with Gasteiger partial charge in [-0.3, -0.25) is 9.36 Å². The number of ether oxygens (including phenoxy) is 2. The van der Waals surface area contributed by atoms with E-state index in [2.05, 4.69) is 10.3 Å². The van der Waals surface area contributed by atoms with Gasteiger partial charge in [0.25, 0.3) is 5.91 Å². The van der Waals surface area contributed by atoms with Crippen molar-refractivity contribution in [3.63, 3.8) is 0 Å². The Bertz CT molecular complexity index is 1060. The summed E-state index contributed by atoms with van der Waals surface area (Å²) < 4.78 is 13.5. The zero-order valence-corrected chi connectivity index (χ0v) is 16.5. The Balaban J connectivity index is 1.36. The van der Waals surface area contributed by atoms with Crippen LogP contribution in [0.1, 0.15) is 15.9 Å². The lowest BCUT2D eigenvalue weighted by atomic mass is 10.1. The van der Waals surface area contributed by atoms with Gasteiger partial charge in [-0.25, -0.2) is 0 Å². The molecular formula is C20H18ClN3O3S. The molecule has 0 saturated carbocycles. The average Bonchev–Trinajstić information content (AvgIpc) is 3.14. The number of carbonyl (C=O) groups is 1. The first kappa shape index (κ1) is 18.6. The summed E-state index contributed by atoms with van der Waals surface area (Å²) >= 11 is 11.5. The van der Waals surface area contributed by atoms with Crippen LogP contribution in [0.3, 0.4) is 0 Å². The molecule has 1 aliphatic rings. The molecule has 8 heteroatoms. The van der Waals surface area contributed by atoms with Gasteiger partial charge in [0, 0.05) is 30.2 Å². The van der Waals surface area contributed by atoms with Crippen LogP contribution in [-0.4, -0.2) is 35.2 Å². The van der Waals surface area contributed by atoms with Crippen molar-refractivity contribution in [3.05, 3.63) is 69.7 Å². The Morgan fingerprint density at radius 2 is 2.00 bits per heavy atom. The largest absolute Gasteiger partial charge is 0.486 e. The van der Waals surface area contributed by atoms with E-state index in [4.69, 9.17) is 33.3 Å². The van der Waals surface area contributed by atoms with Crippen LogP contribution in [0.5, 0.6) is 11.5 Å². The monoisotopic (exact) mass is 415 g/mol. The van der Waals surface area contributed by atoms with Crippen LogP contribution in [0.25, 0.3) is 5.69 Å². The molecule has 1 aliphatic heterocycles. The molecule has 0 fully saturated rings. The number of amides is 1. The van der Waals surface area contributed by atoms with Gasteiger partial charge in [0.15, 0.2) is 16.3 Å². The highest BCUT2D eigenvalue weighted by Crippen LogP contribution is 2.38. The van der Waals surface area contributed by atoms with Gasteiger partial charge in [-0.15, -0.1) is 0 Å². The third-order valence-electron chi connectivity index (χ3n) is 4.41.